The molecule has 7 heteroatoms. The van der Waals surface area contributed by atoms with Gasteiger partial charge in [0.1, 0.15) is 5.69 Å². The first-order valence-electron chi connectivity index (χ1n) is 9.36. The van der Waals surface area contributed by atoms with Crippen molar-refractivity contribution in [1.82, 2.24) is 9.80 Å². The van der Waals surface area contributed by atoms with Crippen LogP contribution >= 0.6 is 0 Å². The van der Waals surface area contributed by atoms with Crippen molar-refractivity contribution in [2.45, 2.75) is 20.3 Å². The molecule has 0 N–H and O–H groups in total. The van der Waals surface area contributed by atoms with E-state index < -0.39 is 0 Å². The lowest BCUT2D eigenvalue weighted by Gasteiger charge is -2.35. The minimum atomic E-state index is -0.369. The number of likely N-dealkylation sites (tertiary alicyclic amines) is 1. The topological polar surface area (TPSA) is 69.9 Å². The van der Waals surface area contributed by atoms with E-state index in [9.17, 15) is 14.9 Å². The molecular weight excluding hydrogens is 332 g/mol. The number of carbonyl (C=O) groups is 1. The molecule has 2 aliphatic rings. The summed E-state index contributed by atoms with van der Waals surface area (Å²) in [5.41, 5.74) is 1.05. The first kappa shape index (κ1) is 18.6. The fraction of sp³-hybridized carbons (Fsp3) is 0.632. The minimum Gasteiger partial charge on any atom is -0.363 e. The molecule has 0 bridgehead atoms. The Hall–Kier alpha value is -2.15. The molecule has 1 aromatic rings. The summed E-state index contributed by atoms with van der Waals surface area (Å²) >= 11 is 0. The second-order valence-corrected chi connectivity index (χ2v) is 7.91. The van der Waals surface area contributed by atoms with Gasteiger partial charge in [0, 0.05) is 50.9 Å². The largest absolute Gasteiger partial charge is 0.363 e. The fourth-order valence-electron chi connectivity index (χ4n) is 4.13. The molecule has 2 heterocycles. The predicted molar refractivity (Wildman–Crippen MR) is 102 cm³/mol. The number of anilines is 1. The van der Waals surface area contributed by atoms with E-state index in [2.05, 4.69) is 18.7 Å². The minimum absolute atomic E-state index is 0.0264. The zero-order chi connectivity index (χ0) is 18.8. The number of hydrogen-bond acceptors (Lipinski definition) is 5. The number of carbonyl (C=O) groups excluding carboxylic acids is 1. The second-order valence-electron chi connectivity index (χ2n) is 7.91. The molecule has 2 fully saturated rings. The summed E-state index contributed by atoms with van der Waals surface area (Å²) in [5, 5.41) is 11.6. The highest BCUT2D eigenvalue weighted by Crippen LogP contribution is 2.31. The molecule has 0 saturated carbocycles. The van der Waals surface area contributed by atoms with Crippen LogP contribution in [0, 0.1) is 22.0 Å². The summed E-state index contributed by atoms with van der Waals surface area (Å²) in [6.07, 6.45) is 1.12. The lowest BCUT2D eigenvalue weighted by Crippen LogP contribution is -2.44. The summed E-state index contributed by atoms with van der Waals surface area (Å²) in [5.74, 6) is 0.820. The van der Waals surface area contributed by atoms with Gasteiger partial charge in [0.25, 0.3) is 11.6 Å². The number of amides is 1. The van der Waals surface area contributed by atoms with Crippen LogP contribution in [0.4, 0.5) is 11.4 Å². The third-order valence-corrected chi connectivity index (χ3v) is 5.42. The predicted octanol–water partition coefficient (Wildman–Crippen LogP) is 2.46. The van der Waals surface area contributed by atoms with Gasteiger partial charge in [0.05, 0.1) is 4.92 Å². The average molecular weight is 360 g/mol. The van der Waals surface area contributed by atoms with Crippen molar-refractivity contribution < 1.29 is 9.72 Å². The van der Waals surface area contributed by atoms with E-state index in [1.54, 1.807) is 12.1 Å². The van der Waals surface area contributed by atoms with Crippen molar-refractivity contribution in [2.75, 3.05) is 51.2 Å². The van der Waals surface area contributed by atoms with E-state index >= 15 is 0 Å². The highest BCUT2D eigenvalue weighted by Gasteiger charge is 2.29. The number of benzene rings is 1. The van der Waals surface area contributed by atoms with Crippen molar-refractivity contribution in [3.63, 3.8) is 0 Å². The normalized spacial score (nSPS) is 24.6. The molecule has 26 heavy (non-hydrogen) atoms. The Bertz CT molecular complexity index is 675. The lowest BCUT2D eigenvalue weighted by atomic mass is 9.91. The van der Waals surface area contributed by atoms with E-state index in [0.29, 0.717) is 23.1 Å². The fourth-order valence-corrected chi connectivity index (χ4v) is 4.13. The smallest absolute Gasteiger partial charge is 0.293 e. The quantitative estimate of drug-likeness (QED) is 0.612. The Labute approximate surface area is 154 Å². The molecule has 0 radical (unpaired) electrons. The third-order valence-electron chi connectivity index (χ3n) is 5.42. The molecule has 1 aromatic carbocycles. The molecular formula is C19H28N4O3. The summed E-state index contributed by atoms with van der Waals surface area (Å²) in [6, 6.07) is 4.94. The van der Waals surface area contributed by atoms with Crippen LogP contribution in [0.25, 0.3) is 0 Å². The van der Waals surface area contributed by atoms with Gasteiger partial charge in [0.15, 0.2) is 0 Å². The molecule has 0 aliphatic carbocycles. The maximum Gasteiger partial charge on any atom is 0.293 e. The van der Waals surface area contributed by atoms with E-state index in [-0.39, 0.29) is 16.5 Å². The zero-order valence-corrected chi connectivity index (χ0v) is 15.9. The van der Waals surface area contributed by atoms with E-state index in [0.717, 1.165) is 45.7 Å². The van der Waals surface area contributed by atoms with Gasteiger partial charge in [-0.2, -0.15) is 0 Å². The van der Waals surface area contributed by atoms with Gasteiger partial charge >= 0.3 is 0 Å². The summed E-state index contributed by atoms with van der Waals surface area (Å²) in [4.78, 5) is 30.2. The monoisotopic (exact) mass is 360 g/mol. The van der Waals surface area contributed by atoms with Gasteiger partial charge in [-0.25, -0.2) is 0 Å². The van der Waals surface area contributed by atoms with Gasteiger partial charge in [-0.15, -0.1) is 0 Å². The van der Waals surface area contributed by atoms with Gasteiger partial charge in [0.2, 0.25) is 0 Å². The molecule has 142 valence electrons. The molecule has 2 aliphatic heterocycles. The van der Waals surface area contributed by atoms with Crippen LogP contribution in [0.3, 0.4) is 0 Å². The van der Waals surface area contributed by atoms with Gasteiger partial charge in [-0.3, -0.25) is 14.9 Å². The highest BCUT2D eigenvalue weighted by molar-refractivity contribution is 5.96. The molecule has 0 aromatic heterocycles. The van der Waals surface area contributed by atoms with Crippen molar-refractivity contribution >= 4 is 17.3 Å². The number of piperidine rings is 1. The Morgan fingerprint density at radius 1 is 1.12 bits per heavy atom. The number of piperazine rings is 1. The molecule has 1 amide bonds. The zero-order valence-electron chi connectivity index (χ0n) is 15.9. The van der Waals surface area contributed by atoms with Crippen LogP contribution in [0.15, 0.2) is 18.2 Å². The number of nitrogens with zero attached hydrogens (tertiary/aromatic N) is 4. The maximum atomic E-state index is 12.9. The Morgan fingerprint density at radius 3 is 2.31 bits per heavy atom. The first-order valence-corrected chi connectivity index (χ1v) is 9.36. The van der Waals surface area contributed by atoms with Gasteiger partial charge < -0.3 is 14.7 Å². The Kier molecular flexibility index (Phi) is 5.46. The highest BCUT2D eigenvalue weighted by atomic mass is 16.6. The summed E-state index contributed by atoms with van der Waals surface area (Å²) in [7, 11) is 2.05. The maximum absolute atomic E-state index is 12.9. The third kappa shape index (κ3) is 3.98. The van der Waals surface area contributed by atoms with Gasteiger partial charge in [-0.05, 0) is 37.4 Å². The van der Waals surface area contributed by atoms with Crippen molar-refractivity contribution in [2.24, 2.45) is 11.8 Å². The molecule has 2 atom stereocenters. The number of hydrogen-bond donors (Lipinski definition) is 0. The standard InChI is InChI=1S/C19H28N4O3/c1-14-10-15(2)13-22(12-14)19(24)16-4-5-17(18(11-16)23(25)26)21-8-6-20(3)7-9-21/h4-5,11,14-15H,6-10,12-13H2,1-3H3. The van der Waals surface area contributed by atoms with Crippen LogP contribution in [-0.2, 0) is 0 Å². The average Bonchev–Trinajstić information content (AvgIpc) is 2.60. The summed E-state index contributed by atoms with van der Waals surface area (Å²) < 4.78 is 0. The Morgan fingerprint density at radius 2 is 1.73 bits per heavy atom. The Balaban J connectivity index is 1.84. The molecule has 0 spiro atoms. The number of likely N-dealkylation sites (N-methyl/N-ethyl adjacent to an activating group) is 1. The molecule has 3 rings (SSSR count). The van der Waals surface area contributed by atoms with Crippen LogP contribution < -0.4 is 4.90 Å². The second kappa shape index (κ2) is 7.61. The van der Waals surface area contributed by atoms with Crippen molar-refractivity contribution in [1.29, 1.82) is 0 Å². The van der Waals surface area contributed by atoms with Crippen LogP contribution in [0.1, 0.15) is 30.6 Å². The van der Waals surface area contributed by atoms with Crippen LogP contribution in [-0.4, -0.2) is 66.9 Å². The van der Waals surface area contributed by atoms with E-state index in [1.165, 1.54) is 6.07 Å². The summed E-state index contributed by atoms with van der Waals surface area (Å²) in [6.45, 7) is 9.00. The van der Waals surface area contributed by atoms with Crippen molar-refractivity contribution in [3.05, 3.63) is 33.9 Å². The van der Waals surface area contributed by atoms with Crippen LogP contribution in [0.5, 0.6) is 0 Å². The first-order chi connectivity index (χ1) is 12.3. The molecule has 2 saturated heterocycles. The SMILES string of the molecule is CC1CC(C)CN(C(=O)c2ccc(N3CCN(C)CC3)c([N+](=O)[O-])c2)C1. The number of nitro benzene ring substituents is 1. The van der Waals surface area contributed by atoms with E-state index in [4.69, 9.17) is 0 Å². The van der Waals surface area contributed by atoms with Gasteiger partial charge in [-0.1, -0.05) is 13.8 Å². The number of nitro groups is 1. The number of rotatable bonds is 3. The van der Waals surface area contributed by atoms with Crippen LogP contribution in [0.2, 0.25) is 0 Å². The lowest BCUT2D eigenvalue weighted by molar-refractivity contribution is -0.384. The van der Waals surface area contributed by atoms with Crippen molar-refractivity contribution in [3.8, 4) is 0 Å². The molecule has 2 unspecified atom stereocenters. The van der Waals surface area contributed by atoms with E-state index in [1.807, 2.05) is 16.8 Å². The molecule has 7 nitrogen and oxygen atoms in total.